The molecule has 9 heteroatoms. The van der Waals surface area contributed by atoms with Gasteiger partial charge in [0, 0.05) is 50.7 Å². The van der Waals surface area contributed by atoms with Crippen LogP contribution in [0.2, 0.25) is 0 Å². The van der Waals surface area contributed by atoms with Gasteiger partial charge in [-0.15, -0.1) is 0 Å². The quantitative estimate of drug-likeness (QED) is 0.736. The van der Waals surface area contributed by atoms with Crippen LogP contribution in [0.4, 0.5) is 5.95 Å². The second-order valence-corrected chi connectivity index (χ2v) is 10.1. The van der Waals surface area contributed by atoms with Crippen molar-refractivity contribution in [2.24, 2.45) is 5.92 Å². The Morgan fingerprint density at radius 3 is 2.26 bits per heavy atom. The van der Waals surface area contributed by atoms with Crippen LogP contribution >= 0.6 is 0 Å². The van der Waals surface area contributed by atoms with Crippen LogP contribution in [-0.2, 0) is 10.0 Å². The van der Waals surface area contributed by atoms with Crippen LogP contribution in [0.5, 0.6) is 0 Å². The van der Waals surface area contributed by atoms with E-state index in [2.05, 4.69) is 20.2 Å². The highest BCUT2D eigenvalue weighted by Gasteiger charge is 2.26. The molecule has 4 rings (SSSR count). The van der Waals surface area contributed by atoms with Gasteiger partial charge >= 0.3 is 0 Å². The number of carbonyl (C=O) groups is 1. The Kier molecular flexibility index (Phi) is 6.82. The van der Waals surface area contributed by atoms with Gasteiger partial charge in [-0.2, -0.15) is 4.31 Å². The summed E-state index contributed by atoms with van der Waals surface area (Å²) in [6.45, 7) is 3.48. The molecule has 2 fully saturated rings. The molecular weight excluding hydrogens is 414 g/mol. The number of benzene rings is 1. The number of carbonyl (C=O) groups excluding carboxylic acids is 1. The van der Waals surface area contributed by atoms with Crippen molar-refractivity contribution < 1.29 is 13.2 Å². The third-order valence-corrected chi connectivity index (χ3v) is 7.98. The summed E-state index contributed by atoms with van der Waals surface area (Å²) in [5, 5.41) is 3.00. The smallest absolute Gasteiger partial charge is 0.251 e. The van der Waals surface area contributed by atoms with Gasteiger partial charge in [-0.05, 0) is 61.9 Å². The van der Waals surface area contributed by atoms with E-state index < -0.39 is 10.0 Å². The van der Waals surface area contributed by atoms with Gasteiger partial charge in [0.15, 0.2) is 0 Å². The lowest BCUT2D eigenvalue weighted by Gasteiger charge is -2.31. The average Bonchev–Trinajstić information content (AvgIpc) is 2.84. The van der Waals surface area contributed by atoms with Crippen molar-refractivity contribution in [3.8, 4) is 0 Å². The summed E-state index contributed by atoms with van der Waals surface area (Å²) in [6, 6.07) is 8.08. The predicted molar refractivity (Wildman–Crippen MR) is 118 cm³/mol. The molecule has 0 aliphatic carbocycles. The number of aromatic nitrogens is 2. The van der Waals surface area contributed by atoms with Crippen molar-refractivity contribution in [3.05, 3.63) is 48.3 Å². The molecule has 1 aromatic carbocycles. The number of nitrogens with one attached hydrogen (secondary N) is 1. The van der Waals surface area contributed by atoms with Crippen LogP contribution in [0.1, 0.15) is 42.5 Å². The highest BCUT2D eigenvalue weighted by atomic mass is 32.2. The van der Waals surface area contributed by atoms with Gasteiger partial charge in [-0.25, -0.2) is 18.4 Å². The third-order valence-electron chi connectivity index (χ3n) is 6.07. The van der Waals surface area contributed by atoms with Crippen molar-refractivity contribution in [1.82, 2.24) is 19.6 Å². The number of sulfonamides is 1. The Bertz CT molecular complexity index is 968. The van der Waals surface area contributed by atoms with Crippen LogP contribution in [-0.4, -0.2) is 61.3 Å². The number of amides is 1. The number of anilines is 1. The van der Waals surface area contributed by atoms with Gasteiger partial charge in [-0.3, -0.25) is 4.79 Å². The molecule has 0 spiro atoms. The molecule has 31 heavy (non-hydrogen) atoms. The van der Waals surface area contributed by atoms with Crippen molar-refractivity contribution in [1.29, 1.82) is 0 Å². The molecule has 0 radical (unpaired) electrons. The first-order valence-corrected chi connectivity index (χ1v) is 12.4. The summed E-state index contributed by atoms with van der Waals surface area (Å²) in [4.78, 5) is 23.5. The van der Waals surface area contributed by atoms with Gasteiger partial charge in [-0.1, -0.05) is 6.42 Å². The molecule has 2 aliphatic rings. The Hall–Kier alpha value is -2.52. The highest BCUT2D eigenvalue weighted by Crippen LogP contribution is 2.22. The topological polar surface area (TPSA) is 95.5 Å². The number of rotatable bonds is 6. The predicted octanol–water partition coefficient (Wildman–Crippen LogP) is 2.30. The third kappa shape index (κ3) is 5.22. The Labute approximate surface area is 183 Å². The lowest BCUT2D eigenvalue weighted by Crippen LogP contribution is -2.39. The zero-order chi connectivity index (χ0) is 21.7. The molecule has 2 saturated heterocycles. The second-order valence-electron chi connectivity index (χ2n) is 8.18. The molecule has 1 amide bonds. The summed E-state index contributed by atoms with van der Waals surface area (Å²) in [6.07, 6.45) is 8.30. The molecule has 0 bridgehead atoms. The zero-order valence-electron chi connectivity index (χ0n) is 17.6. The fourth-order valence-electron chi connectivity index (χ4n) is 4.16. The van der Waals surface area contributed by atoms with E-state index in [9.17, 15) is 13.2 Å². The minimum Gasteiger partial charge on any atom is -0.352 e. The van der Waals surface area contributed by atoms with Gasteiger partial charge in [0.2, 0.25) is 16.0 Å². The fraction of sp³-hybridized carbons (Fsp3) is 0.500. The summed E-state index contributed by atoms with van der Waals surface area (Å²) in [5.41, 5.74) is 0.479. The van der Waals surface area contributed by atoms with E-state index in [1.54, 1.807) is 34.9 Å². The minimum atomic E-state index is -3.48. The van der Waals surface area contributed by atoms with Crippen LogP contribution in [0, 0.1) is 5.92 Å². The van der Waals surface area contributed by atoms with Crippen molar-refractivity contribution in [2.75, 3.05) is 37.6 Å². The van der Waals surface area contributed by atoms with Crippen LogP contribution in [0.25, 0.3) is 0 Å². The largest absolute Gasteiger partial charge is 0.352 e. The van der Waals surface area contributed by atoms with E-state index in [4.69, 9.17) is 0 Å². The van der Waals surface area contributed by atoms with Gasteiger partial charge in [0.25, 0.3) is 5.91 Å². The van der Waals surface area contributed by atoms with E-state index in [1.165, 1.54) is 12.1 Å². The molecule has 0 saturated carbocycles. The van der Waals surface area contributed by atoms with Crippen molar-refractivity contribution in [2.45, 2.75) is 37.0 Å². The molecule has 3 heterocycles. The second kappa shape index (κ2) is 9.74. The molecule has 8 nitrogen and oxygen atoms in total. The SMILES string of the molecule is O=C(NCC1CCN(c2ncccn2)CC1)c1ccc(S(=O)(=O)N2CCCCC2)cc1. The molecule has 2 aliphatic heterocycles. The first-order chi connectivity index (χ1) is 15.0. The van der Waals surface area contributed by atoms with Crippen molar-refractivity contribution in [3.63, 3.8) is 0 Å². The lowest BCUT2D eigenvalue weighted by atomic mass is 9.97. The first kappa shape index (κ1) is 21.7. The number of hydrogen-bond donors (Lipinski definition) is 1. The van der Waals surface area contributed by atoms with E-state index in [0.29, 0.717) is 31.1 Å². The Balaban J connectivity index is 1.27. The molecule has 0 unspecified atom stereocenters. The molecule has 1 N–H and O–H groups in total. The standard InChI is InChI=1S/C22H29N5O3S/c28-21(25-17-18-9-15-26(16-10-18)22-23-11-4-12-24-22)19-5-7-20(8-6-19)31(29,30)27-13-2-1-3-14-27/h4-8,11-12,18H,1-3,9-10,13-17H2,(H,25,28). The molecule has 2 aromatic rings. The van der Waals surface area contributed by atoms with Crippen LogP contribution in [0.3, 0.4) is 0 Å². The van der Waals surface area contributed by atoms with E-state index in [-0.39, 0.29) is 10.8 Å². The zero-order valence-corrected chi connectivity index (χ0v) is 18.4. The summed E-state index contributed by atoms with van der Waals surface area (Å²) >= 11 is 0. The monoisotopic (exact) mass is 443 g/mol. The molecule has 1 aromatic heterocycles. The summed E-state index contributed by atoms with van der Waals surface area (Å²) in [7, 11) is -3.48. The average molecular weight is 444 g/mol. The molecular formula is C22H29N5O3S. The molecule has 166 valence electrons. The molecule has 0 atom stereocenters. The number of nitrogens with zero attached hydrogens (tertiary/aromatic N) is 4. The van der Waals surface area contributed by atoms with E-state index in [0.717, 1.165) is 51.1 Å². The maximum absolute atomic E-state index is 12.7. The van der Waals surface area contributed by atoms with Crippen LogP contribution < -0.4 is 10.2 Å². The van der Waals surface area contributed by atoms with E-state index >= 15 is 0 Å². The Morgan fingerprint density at radius 1 is 0.968 bits per heavy atom. The maximum Gasteiger partial charge on any atom is 0.251 e. The van der Waals surface area contributed by atoms with E-state index in [1.807, 2.05) is 0 Å². The minimum absolute atomic E-state index is 0.171. The van der Waals surface area contributed by atoms with Gasteiger partial charge in [0.1, 0.15) is 0 Å². The first-order valence-electron chi connectivity index (χ1n) is 10.9. The van der Waals surface area contributed by atoms with Crippen molar-refractivity contribution >= 4 is 21.9 Å². The summed E-state index contributed by atoms with van der Waals surface area (Å²) in [5.74, 6) is 0.989. The fourth-order valence-corrected chi connectivity index (χ4v) is 5.68. The number of hydrogen-bond acceptors (Lipinski definition) is 6. The maximum atomic E-state index is 12.7. The van der Waals surface area contributed by atoms with Gasteiger partial charge in [0.05, 0.1) is 4.90 Å². The van der Waals surface area contributed by atoms with Crippen LogP contribution in [0.15, 0.2) is 47.6 Å². The highest BCUT2D eigenvalue weighted by molar-refractivity contribution is 7.89. The number of piperidine rings is 2. The summed E-state index contributed by atoms with van der Waals surface area (Å²) < 4.78 is 27.0. The van der Waals surface area contributed by atoms with Gasteiger partial charge < -0.3 is 10.2 Å². The Morgan fingerprint density at radius 2 is 1.61 bits per heavy atom. The normalized spacial score (nSPS) is 18.6. The lowest BCUT2D eigenvalue weighted by molar-refractivity contribution is 0.0944.